The number of pyridine rings is 1. The minimum absolute atomic E-state index is 0.0377. The summed E-state index contributed by atoms with van der Waals surface area (Å²) in [6.45, 7) is 4.87. The van der Waals surface area contributed by atoms with Crippen molar-refractivity contribution < 1.29 is 4.79 Å². The molecule has 1 amide bonds. The van der Waals surface area contributed by atoms with Crippen molar-refractivity contribution in [2.45, 2.75) is 26.3 Å². The van der Waals surface area contributed by atoms with Crippen LogP contribution in [0.3, 0.4) is 0 Å². The molecular weight excluding hydrogens is 238 g/mol. The largest absolute Gasteiger partial charge is 0.322 e. The zero-order valence-electron chi connectivity index (χ0n) is 9.96. The SMILES string of the molecule is Cc1cnc(Cl)c(NC(=O)C2NCCC2C)c1. The van der Waals surface area contributed by atoms with E-state index >= 15 is 0 Å². The van der Waals surface area contributed by atoms with E-state index in [4.69, 9.17) is 11.6 Å². The van der Waals surface area contributed by atoms with Crippen molar-refractivity contribution in [1.29, 1.82) is 0 Å². The van der Waals surface area contributed by atoms with Crippen LogP contribution in [0.4, 0.5) is 5.69 Å². The minimum Gasteiger partial charge on any atom is -0.322 e. The van der Waals surface area contributed by atoms with E-state index in [9.17, 15) is 4.79 Å². The number of amides is 1. The fraction of sp³-hybridized carbons (Fsp3) is 0.500. The molecule has 2 rings (SSSR count). The molecule has 0 aliphatic carbocycles. The maximum absolute atomic E-state index is 12.0. The lowest BCUT2D eigenvalue weighted by atomic mass is 10.0. The lowest BCUT2D eigenvalue weighted by Gasteiger charge is -2.16. The highest BCUT2D eigenvalue weighted by Crippen LogP contribution is 2.22. The smallest absolute Gasteiger partial charge is 0.241 e. The van der Waals surface area contributed by atoms with Crippen LogP contribution in [-0.4, -0.2) is 23.5 Å². The number of anilines is 1. The highest BCUT2D eigenvalue weighted by atomic mass is 35.5. The quantitative estimate of drug-likeness (QED) is 0.793. The molecule has 2 unspecified atom stereocenters. The summed E-state index contributed by atoms with van der Waals surface area (Å²) in [5, 5.41) is 6.34. The third-order valence-electron chi connectivity index (χ3n) is 3.05. The van der Waals surface area contributed by atoms with Crippen molar-refractivity contribution in [3.05, 3.63) is 23.0 Å². The molecule has 2 heterocycles. The van der Waals surface area contributed by atoms with Gasteiger partial charge in [0.25, 0.3) is 0 Å². The molecule has 17 heavy (non-hydrogen) atoms. The van der Waals surface area contributed by atoms with E-state index < -0.39 is 0 Å². The van der Waals surface area contributed by atoms with Gasteiger partial charge >= 0.3 is 0 Å². The van der Waals surface area contributed by atoms with Gasteiger partial charge < -0.3 is 10.6 Å². The van der Waals surface area contributed by atoms with Crippen LogP contribution >= 0.6 is 11.6 Å². The summed E-state index contributed by atoms with van der Waals surface area (Å²) in [5.41, 5.74) is 1.55. The number of aryl methyl sites for hydroxylation is 1. The normalized spacial score (nSPS) is 23.7. The Morgan fingerprint density at radius 2 is 2.41 bits per heavy atom. The van der Waals surface area contributed by atoms with Gasteiger partial charge in [0.2, 0.25) is 5.91 Å². The molecule has 2 atom stereocenters. The monoisotopic (exact) mass is 253 g/mol. The van der Waals surface area contributed by atoms with Gasteiger partial charge in [-0.25, -0.2) is 4.98 Å². The minimum atomic E-state index is -0.133. The van der Waals surface area contributed by atoms with Crippen LogP contribution in [0.25, 0.3) is 0 Å². The predicted molar refractivity (Wildman–Crippen MR) is 68.2 cm³/mol. The van der Waals surface area contributed by atoms with Gasteiger partial charge in [0.05, 0.1) is 11.7 Å². The molecule has 1 aliphatic rings. The van der Waals surface area contributed by atoms with Crippen LogP contribution in [0, 0.1) is 12.8 Å². The summed E-state index contributed by atoms with van der Waals surface area (Å²) in [4.78, 5) is 16.0. The Kier molecular flexibility index (Phi) is 3.64. The van der Waals surface area contributed by atoms with Crippen molar-refractivity contribution in [2.75, 3.05) is 11.9 Å². The molecule has 0 spiro atoms. The molecule has 5 heteroatoms. The molecule has 2 N–H and O–H groups in total. The summed E-state index contributed by atoms with van der Waals surface area (Å²) in [5.74, 6) is 0.316. The first-order chi connectivity index (χ1) is 8.08. The van der Waals surface area contributed by atoms with Crippen molar-refractivity contribution in [1.82, 2.24) is 10.3 Å². The number of carbonyl (C=O) groups is 1. The van der Waals surface area contributed by atoms with E-state index in [0.717, 1.165) is 18.5 Å². The second-order valence-electron chi connectivity index (χ2n) is 4.54. The number of carbonyl (C=O) groups excluding carboxylic acids is 1. The van der Waals surface area contributed by atoms with Gasteiger partial charge in [0.15, 0.2) is 5.15 Å². The predicted octanol–water partition coefficient (Wildman–Crippen LogP) is 1.98. The summed E-state index contributed by atoms with van der Waals surface area (Å²) in [7, 11) is 0. The number of hydrogen-bond acceptors (Lipinski definition) is 3. The van der Waals surface area contributed by atoms with Crippen LogP contribution in [0.1, 0.15) is 18.9 Å². The molecule has 92 valence electrons. The first-order valence-corrected chi connectivity index (χ1v) is 6.12. The summed E-state index contributed by atoms with van der Waals surface area (Å²) < 4.78 is 0. The topological polar surface area (TPSA) is 54.0 Å². The third-order valence-corrected chi connectivity index (χ3v) is 3.35. The average molecular weight is 254 g/mol. The molecule has 1 saturated heterocycles. The number of halogens is 1. The Balaban J connectivity index is 2.10. The van der Waals surface area contributed by atoms with E-state index in [1.54, 1.807) is 6.20 Å². The van der Waals surface area contributed by atoms with E-state index in [0.29, 0.717) is 16.8 Å². The Bertz CT molecular complexity index is 436. The molecular formula is C12H16ClN3O. The van der Waals surface area contributed by atoms with Crippen LogP contribution in [-0.2, 0) is 4.79 Å². The molecule has 0 saturated carbocycles. The van der Waals surface area contributed by atoms with E-state index in [1.165, 1.54) is 0 Å². The summed E-state index contributed by atoms with van der Waals surface area (Å²) in [6, 6.07) is 1.69. The highest BCUT2D eigenvalue weighted by molar-refractivity contribution is 6.32. The fourth-order valence-corrected chi connectivity index (χ4v) is 2.19. The second-order valence-corrected chi connectivity index (χ2v) is 4.90. The van der Waals surface area contributed by atoms with E-state index in [-0.39, 0.29) is 11.9 Å². The molecule has 1 aliphatic heterocycles. The number of aromatic nitrogens is 1. The standard InChI is InChI=1S/C12H16ClN3O/c1-7-5-9(11(13)15-6-7)16-12(17)10-8(2)3-4-14-10/h5-6,8,10,14H,3-4H2,1-2H3,(H,16,17). The van der Waals surface area contributed by atoms with Gasteiger partial charge in [-0.3, -0.25) is 4.79 Å². The third kappa shape index (κ3) is 2.76. The summed E-state index contributed by atoms with van der Waals surface area (Å²) >= 11 is 5.94. The van der Waals surface area contributed by atoms with Gasteiger partial charge in [-0.05, 0) is 37.4 Å². The zero-order chi connectivity index (χ0) is 12.4. The first kappa shape index (κ1) is 12.3. The Morgan fingerprint density at radius 1 is 1.65 bits per heavy atom. The van der Waals surface area contributed by atoms with Crippen LogP contribution < -0.4 is 10.6 Å². The van der Waals surface area contributed by atoms with Gasteiger partial charge in [-0.1, -0.05) is 18.5 Å². The fourth-order valence-electron chi connectivity index (χ4n) is 2.04. The molecule has 1 aromatic heterocycles. The van der Waals surface area contributed by atoms with Gasteiger partial charge in [-0.2, -0.15) is 0 Å². The molecule has 1 fully saturated rings. The summed E-state index contributed by atoms with van der Waals surface area (Å²) in [6.07, 6.45) is 2.70. The molecule has 0 bridgehead atoms. The number of nitrogens with one attached hydrogen (secondary N) is 2. The Hall–Kier alpha value is -1.13. The lowest BCUT2D eigenvalue weighted by molar-refractivity contribution is -0.118. The maximum Gasteiger partial charge on any atom is 0.241 e. The molecule has 0 radical (unpaired) electrons. The maximum atomic E-state index is 12.0. The van der Waals surface area contributed by atoms with Gasteiger partial charge in [0.1, 0.15) is 0 Å². The number of rotatable bonds is 2. The Labute approximate surface area is 106 Å². The number of hydrogen-bond donors (Lipinski definition) is 2. The highest BCUT2D eigenvalue weighted by Gasteiger charge is 2.29. The molecule has 1 aromatic rings. The van der Waals surface area contributed by atoms with E-state index in [2.05, 4.69) is 22.5 Å². The molecule has 0 aromatic carbocycles. The van der Waals surface area contributed by atoms with Crippen molar-refractivity contribution in [3.63, 3.8) is 0 Å². The zero-order valence-corrected chi connectivity index (χ0v) is 10.7. The van der Waals surface area contributed by atoms with Gasteiger partial charge in [-0.15, -0.1) is 0 Å². The first-order valence-electron chi connectivity index (χ1n) is 5.74. The van der Waals surface area contributed by atoms with Gasteiger partial charge in [0, 0.05) is 6.20 Å². The van der Waals surface area contributed by atoms with Crippen LogP contribution in [0.15, 0.2) is 12.3 Å². The second kappa shape index (κ2) is 5.02. The van der Waals surface area contributed by atoms with E-state index in [1.807, 2.05) is 13.0 Å². The van der Waals surface area contributed by atoms with Crippen LogP contribution in [0.2, 0.25) is 5.15 Å². The molecule has 4 nitrogen and oxygen atoms in total. The van der Waals surface area contributed by atoms with Crippen LogP contribution in [0.5, 0.6) is 0 Å². The van der Waals surface area contributed by atoms with Crippen molar-refractivity contribution in [2.24, 2.45) is 5.92 Å². The average Bonchev–Trinajstić information content (AvgIpc) is 2.70. The lowest BCUT2D eigenvalue weighted by Crippen LogP contribution is -2.39. The number of nitrogens with zero attached hydrogens (tertiary/aromatic N) is 1. The van der Waals surface area contributed by atoms with Crippen molar-refractivity contribution >= 4 is 23.2 Å². The van der Waals surface area contributed by atoms with Crippen molar-refractivity contribution in [3.8, 4) is 0 Å². The Morgan fingerprint density at radius 3 is 3.06 bits per heavy atom.